The Labute approximate surface area is 242 Å². The first-order valence-corrected chi connectivity index (χ1v) is 14.6. The Morgan fingerprint density at radius 1 is 1.28 bits per heavy atom. The number of hydrogen-bond donors (Lipinski definition) is 1. The lowest BCUT2D eigenvalue weighted by atomic mass is 9.75. The highest BCUT2D eigenvalue weighted by atomic mass is 79.9. The third-order valence-corrected chi connectivity index (χ3v) is 10.1. The second-order valence-electron chi connectivity index (χ2n) is 11.7. The SMILES string of the molecule is COc1c([C@@H](O)CC(C)C)ccc2c1C(=O)OCc1c(Cl)c(C)c(Br)c(OC(=O)[C@]3(C)C[C@H]4CC[C@@H]3C4)c1O2. The zero-order chi connectivity index (χ0) is 28.2. The minimum absolute atomic E-state index is 0.0496. The molecule has 1 heterocycles. The third-order valence-electron chi connectivity index (χ3n) is 8.59. The van der Waals surface area contributed by atoms with Gasteiger partial charge < -0.3 is 24.1 Å². The average molecular weight is 622 g/mol. The molecule has 2 aliphatic carbocycles. The van der Waals surface area contributed by atoms with Crippen LogP contribution in [0, 0.1) is 30.1 Å². The predicted molar refractivity (Wildman–Crippen MR) is 150 cm³/mol. The van der Waals surface area contributed by atoms with Crippen molar-refractivity contribution in [3.8, 4) is 23.0 Å². The number of benzene rings is 2. The van der Waals surface area contributed by atoms with Crippen LogP contribution in [0.2, 0.25) is 5.02 Å². The number of rotatable bonds is 6. The van der Waals surface area contributed by atoms with E-state index >= 15 is 0 Å². The van der Waals surface area contributed by atoms with E-state index in [0.29, 0.717) is 44.4 Å². The van der Waals surface area contributed by atoms with Crippen LogP contribution in [0.4, 0.5) is 0 Å². The van der Waals surface area contributed by atoms with Crippen molar-refractivity contribution >= 4 is 39.5 Å². The van der Waals surface area contributed by atoms with Gasteiger partial charge in [0.2, 0.25) is 0 Å². The lowest BCUT2D eigenvalue weighted by Crippen LogP contribution is -2.37. The number of carbonyl (C=O) groups excluding carboxylic acids is 2. The number of fused-ring (bicyclic) bond motifs is 4. The molecule has 1 aliphatic heterocycles. The maximum Gasteiger partial charge on any atom is 0.346 e. The van der Waals surface area contributed by atoms with Crippen LogP contribution < -0.4 is 14.2 Å². The van der Waals surface area contributed by atoms with Crippen molar-refractivity contribution in [3.63, 3.8) is 0 Å². The number of aliphatic hydroxyl groups excluding tert-OH is 1. The van der Waals surface area contributed by atoms with E-state index in [1.54, 1.807) is 19.1 Å². The number of methoxy groups -OCH3 is 1. The van der Waals surface area contributed by atoms with E-state index in [0.717, 1.165) is 25.7 Å². The summed E-state index contributed by atoms with van der Waals surface area (Å²) in [5.41, 5.74) is 0.986. The summed E-state index contributed by atoms with van der Waals surface area (Å²) in [4.78, 5) is 26.9. The summed E-state index contributed by atoms with van der Waals surface area (Å²) in [7, 11) is 1.43. The van der Waals surface area contributed by atoms with E-state index < -0.39 is 17.5 Å². The summed E-state index contributed by atoms with van der Waals surface area (Å²) < 4.78 is 24.3. The van der Waals surface area contributed by atoms with Crippen molar-refractivity contribution in [1.29, 1.82) is 0 Å². The molecule has 1 N–H and O–H groups in total. The molecule has 0 amide bonds. The number of halogens is 2. The molecule has 0 aromatic heterocycles. The largest absolute Gasteiger partial charge is 0.495 e. The molecule has 2 saturated carbocycles. The van der Waals surface area contributed by atoms with Crippen LogP contribution in [0.25, 0.3) is 0 Å². The second-order valence-corrected chi connectivity index (χ2v) is 12.8. The van der Waals surface area contributed by atoms with Crippen molar-refractivity contribution in [2.24, 2.45) is 23.2 Å². The van der Waals surface area contributed by atoms with E-state index in [1.165, 1.54) is 7.11 Å². The van der Waals surface area contributed by atoms with Crippen LogP contribution >= 0.6 is 27.5 Å². The number of ether oxygens (including phenoxy) is 4. The Morgan fingerprint density at radius 3 is 2.64 bits per heavy atom. The first kappa shape index (κ1) is 28.2. The molecule has 0 spiro atoms. The molecule has 0 radical (unpaired) electrons. The minimum atomic E-state index is -0.846. The smallest absolute Gasteiger partial charge is 0.346 e. The standard InChI is InChI=1S/C30H34BrClO7/c1-14(2)10-20(33)18-8-9-21-22(25(18)36-5)28(34)37-13-19-24(32)15(3)23(31)27(26(19)38-21)39-29(35)30(4)12-16-6-7-17(30)11-16/h8-9,14,16-17,20,33H,6-7,10-13H2,1-5H3/t16-,17+,20-,30+/m0/s1. The average Bonchev–Trinajstić information content (AvgIpc) is 3.48. The predicted octanol–water partition coefficient (Wildman–Crippen LogP) is 7.69. The maximum atomic E-state index is 13.7. The summed E-state index contributed by atoms with van der Waals surface area (Å²) in [5, 5.41) is 11.2. The summed E-state index contributed by atoms with van der Waals surface area (Å²) in [6.45, 7) is 7.59. The Morgan fingerprint density at radius 2 is 2.03 bits per heavy atom. The van der Waals surface area contributed by atoms with Gasteiger partial charge in [-0.1, -0.05) is 31.9 Å². The van der Waals surface area contributed by atoms with Crippen molar-refractivity contribution in [1.82, 2.24) is 0 Å². The van der Waals surface area contributed by atoms with Gasteiger partial charge in [0.25, 0.3) is 0 Å². The molecule has 2 aromatic carbocycles. The molecule has 9 heteroatoms. The van der Waals surface area contributed by atoms with Crippen LogP contribution in [0.3, 0.4) is 0 Å². The van der Waals surface area contributed by atoms with Crippen LogP contribution in [0.1, 0.15) is 86.0 Å². The van der Waals surface area contributed by atoms with Gasteiger partial charge in [0.15, 0.2) is 11.5 Å². The maximum absolute atomic E-state index is 13.7. The molecule has 5 rings (SSSR count). The summed E-state index contributed by atoms with van der Waals surface area (Å²) >= 11 is 10.3. The fourth-order valence-electron chi connectivity index (χ4n) is 6.46. The van der Waals surface area contributed by atoms with Crippen molar-refractivity contribution in [3.05, 3.63) is 43.9 Å². The fourth-order valence-corrected chi connectivity index (χ4v) is 7.26. The summed E-state index contributed by atoms with van der Waals surface area (Å²) in [6.07, 6.45) is 3.68. The highest BCUT2D eigenvalue weighted by Gasteiger charge is 2.53. The highest BCUT2D eigenvalue weighted by molar-refractivity contribution is 9.10. The Hall–Kier alpha value is -2.29. The Balaban J connectivity index is 1.60. The molecule has 39 heavy (non-hydrogen) atoms. The second kappa shape index (κ2) is 10.6. The molecule has 4 atom stereocenters. The van der Waals surface area contributed by atoms with Gasteiger partial charge in [-0.15, -0.1) is 0 Å². The molecule has 0 unspecified atom stereocenters. The lowest BCUT2D eigenvalue weighted by molar-refractivity contribution is -0.148. The van der Waals surface area contributed by atoms with E-state index in [4.69, 9.17) is 30.5 Å². The topological polar surface area (TPSA) is 91.3 Å². The number of carbonyl (C=O) groups is 2. The normalized spacial score (nSPS) is 24.3. The highest BCUT2D eigenvalue weighted by Crippen LogP contribution is 2.57. The van der Waals surface area contributed by atoms with Gasteiger partial charge in [-0.2, -0.15) is 0 Å². The van der Waals surface area contributed by atoms with Gasteiger partial charge >= 0.3 is 11.9 Å². The van der Waals surface area contributed by atoms with Gasteiger partial charge in [-0.25, -0.2) is 4.79 Å². The summed E-state index contributed by atoms with van der Waals surface area (Å²) in [6, 6.07) is 3.27. The Kier molecular flexibility index (Phi) is 7.68. The van der Waals surface area contributed by atoms with Gasteiger partial charge in [-0.05, 0) is 90.9 Å². The van der Waals surface area contributed by atoms with E-state index in [2.05, 4.69) is 15.9 Å². The van der Waals surface area contributed by atoms with Gasteiger partial charge in [0, 0.05) is 5.56 Å². The quantitative estimate of drug-likeness (QED) is 0.261. The molecule has 2 aromatic rings. The van der Waals surface area contributed by atoms with Gasteiger partial charge in [0.05, 0.1) is 33.7 Å². The van der Waals surface area contributed by atoms with E-state index in [-0.39, 0.29) is 47.1 Å². The number of hydrogen-bond acceptors (Lipinski definition) is 7. The fraction of sp³-hybridized carbons (Fsp3) is 0.533. The first-order valence-electron chi connectivity index (χ1n) is 13.4. The van der Waals surface area contributed by atoms with E-state index in [9.17, 15) is 14.7 Å². The molecular formula is C30H34BrClO7. The van der Waals surface area contributed by atoms with Gasteiger partial charge in [0.1, 0.15) is 23.7 Å². The van der Waals surface area contributed by atoms with Crippen molar-refractivity contribution in [2.45, 2.75) is 72.5 Å². The molecule has 7 nitrogen and oxygen atoms in total. The molecule has 3 aliphatic rings. The molecule has 2 bridgehead atoms. The Bertz CT molecular complexity index is 1340. The zero-order valence-electron chi connectivity index (χ0n) is 22.9. The number of cyclic esters (lactones) is 1. The van der Waals surface area contributed by atoms with E-state index in [1.807, 2.05) is 20.8 Å². The van der Waals surface area contributed by atoms with Crippen molar-refractivity contribution in [2.75, 3.05) is 7.11 Å². The van der Waals surface area contributed by atoms with Crippen LogP contribution in [0.5, 0.6) is 23.0 Å². The van der Waals surface area contributed by atoms with Crippen molar-refractivity contribution < 1.29 is 33.6 Å². The van der Waals surface area contributed by atoms with Crippen LogP contribution in [0.15, 0.2) is 16.6 Å². The molecule has 0 saturated heterocycles. The molecule has 210 valence electrons. The summed E-state index contributed by atoms with van der Waals surface area (Å²) in [5.74, 6) is 0.830. The van der Waals surface area contributed by atoms with Gasteiger partial charge in [-0.3, -0.25) is 4.79 Å². The molecule has 2 fully saturated rings. The van der Waals surface area contributed by atoms with Crippen LogP contribution in [-0.4, -0.2) is 24.2 Å². The first-order chi connectivity index (χ1) is 18.5. The minimum Gasteiger partial charge on any atom is -0.495 e. The monoisotopic (exact) mass is 620 g/mol. The number of aliphatic hydroxyl groups is 1. The van der Waals surface area contributed by atoms with Crippen LogP contribution in [-0.2, 0) is 16.1 Å². The zero-order valence-corrected chi connectivity index (χ0v) is 25.2. The number of esters is 2. The third kappa shape index (κ3) is 4.82. The molecular weight excluding hydrogens is 588 g/mol. The lowest BCUT2D eigenvalue weighted by Gasteiger charge is -2.32.